The van der Waals surface area contributed by atoms with E-state index in [1.165, 1.54) is 0 Å². The molecule has 2 aromatic carbocycles. The van der Waals surface area contributed by atoms with Gasteiger partial charge in [0.05, 0.1) is 42.3 Å². The van der Waals surface area contributed by atoms with Gasteiger partial charge in [-0.1, -0.05) is 46.4 Å². The fourth-order valence-corrected chi connectivity index (χ4v) is 3.50. The largest absolute Gasteiger partial charge is 0.478 e. The minimum absolute atomic E-state index is 0.455. The molecule has 12 heteroatoms. The lowest BCUT2D eigenvalue weighted by Gasteiger charge is -2.18. The molecule has 0 saturated carbocycles. The van der Waals surface area contributed by atoms with Crippen LogP contribution >= 0.6 is 46.4 Å². The fourth-order valence-electron chi connectivity index (χ4n) is 2.46. The van der Waals surface area contributed by atoms with E-state index in [0.29, 0.717) is 0 Å². The maximum Gasteiger partial charge on any atom is 0.337 e. The van der Waals surface area contributed by atoms with Crippen LogP contribution in [0.5, 0.6) is 0 Å². The summed E-state index contributed by atoms with van der Waals surface area (Å²) in [5, 5.41) is 34.2. The molecule has 0 aliphatic carbocycles. The van der Waals surface area contributed by atoms with Gasteiger partial charge >= 0.3 is 23.9 Å². The number of aromatic carboxylic acids is 4. The summed E-state index contributed by atoms with van der Waals surface area (Å²) in [6.07, 6.45) is 0. The van der Waals surface area contributed by atoms with Gasteiger partial charge < -0.3 is 20.4 Å². The van der Waals surface area contributed by atoms with Gasteiger partial charge in [-0.15, -0.1) is 0 Å². The number of halogens is 4. The molecule has 2 aromatic rings. The van der Waals surface area contributed by atoms with Gasteiger partial charge in [0.25, 0.3) is 0 Å². The summed E-state index contributed by atoms with van der Waals surface area (Å²) in [6, 6.07) is 0. The predicted molar refractivity (Wildman–Crippen MR) is 91.8 cm³/mol. The van der Waals surface area contributed by atoms with E-state index in [0.717, 1.165) is 0 Å². The highest BCUT2D eigenvalue weighted by Gasteiger charge is 2.36. The van der Waals surface area contributed by atoms with Crippen molar-refractivity contribution in [3.63, 3.8) is 0 Å². The second kappa shape index (κ2) is 6.81. The van der Waals surface area contributed by atoms with Crippen molar-refractivity contribution in [2.45, 2.75) is 0 Å². The van der Waals surface area contributed by atoms with Gasteiger partial charge in [0, 0.05) is 10.8 Å². The third kappa shape index (κ3) is 2.80. The van der Waals surface area contributed by atoms with Crippen LogP contribution in [0.2, 0.25) is 20.1 Å². The molecular weight excluding hydrogens is 438 g/mol. The minimum atomic E-state index is -2.00. The lowest BCUT2D eigenvalue weighted by molar-refractivity contribution is 0.0621. The molecule has 0 aliphatic heterocycles. The number of carboxylic acids is 4. The molecule has 0 bridgehead atoms. The molecule has 26 heavy (non-hydrogen) atoms. The quantitative estimate of drug-likeness (QED) is 0.406. The zero-order valence-corrected chi connectivity index (χ0v) is 15.0. The number of carboxylic acid groups (broad SMARTS) is 4. The maximum atomic E-state index is 11.7. The van der Waals surface area contributed by atoms with E-state index in [9.17, 15) is 39.6 Å². The van der Waals surface area contributed by atoms with Crippen LogP contribution in [-0.4, -0.2) is 44.3 Å². The Kier molecular flexibility index (Phi) is 5.25. The van der Waals surface area contributed by atoms with Gasteiger partial charge in [-0.2, -0.15) is 0 Å². The topological polar surface area (TPSA) is 149 Å². The SMILES string of the molecule is O=C(O)c1c(C(=O)O)c(C(=O)O)c2c(Cl)c(Cl)c(Cl)c(Cl)c2c1C(=O)O. The Morgan fingerprint density at radius 2 is 0.692 bits per heavy atom. The van der Waals surface area contributed by atoms with Gasteiger partial charge in [-0.25, -0.2) is 19.2 Å². The summed E-state index contributed by atoms with van der Waals surface area (Å²) in [5.74, 6) is -7.77. The van der Waals surface area contributed by atoms with E-state index >= 15 is 0 Å². The summed E-state index contributed by atoms with van der Waals surface area (Å²) >= 11 is 23.6. The smallest absolute Gasteiger partial charge is 0.337 e. The van der Waals surface area contributed by atoms with Crippen molar-refractivity contribution >= 4 is 81.1 Å². The first kappa shape index (κ1) is 20.1. The molecule has 0 aromatic heterocycles. The third-order valence-electron chi connectivity index (χ3n) is 3.37. The van der Waals surface area contributed by atoms with Gasteiger partial charge in [-0.3, -0.25) is 0 Å². The molecule has 8 nitrogen and oxygen atoms in total. The molecule has 0 saturated heterocycles. The Balaban J connectivity index is 3.50. The third-order valence-corrected chi connectivity index (χ3v) is 5.17. The van der Waals surface area contributed by atoms with E-state index in [1.807, 2.05) is 0 Å². The molecular formula is C14H4Cl4O8. The molecule has 0 atom stereocenters. The number of fused-ring (bicyclic) bond motifs is 1. The highest BCUT2D eigenvalue weighted by Crippen LogP contribution is 2.47. The minimum Gasteiger partial charge on any atom is -0.478 e. The number of rotatable bonds is 4. The van der Waals surface area contributed by atoms with Crippen LogP contribution in [0.4, 0.5) is 0 Å². The average Bonchev–Trinajstić information content (AvgIpc) is 2.54. The Hall–Kier alpha value is -2.26. The zero-order valence-electron chi connectivity index (χ0n) is 11.9. The van der Waals surface area contributed by atoms with Crippen LogP contribution in [0.15, 0.2) is 0 Å². The van der Waals surface area contributed by atoms with Crippen LogP contribution < -0.4 is 0 Å². The molecule has 136 valence electrons. The molecule has 0 radical (unpaired) electrons. The summed E-state index contributed by atoms with van der Waals surface area (Å²) in [7, 11) is 0. The van der Waals surface area contributed by atoms with Gasteiger partial charge in [0.1, 0.15) is 0 Å². The van der Waals surface area contributed by atoms with Crippen molar-refractivity contribution in [1.29, 1.82) is 0 Å². The average molecular weight is 442 g/mol. The summed E-state index contributed by atoms with van der Waals surface area (Å²) in [5.41, 5.74) is -4.74. The molecule has 2 rings (SSSR count). The Morgan fingerprint density at radius 3 is 0.885 bits per heavy atom. The Morgan fingerprint density at radius 1 is 0.462 bits per heavy atom. The highest BCUT2D eigenvalue weighted by molar-refractivity contribution is 6.56. The van der Waals surface area contributed by atoms with E-state index < -0.39 is 77.0 Å². The van der Waals surface area contributed by atoms with Crippen LogP contribution in [0, 0.1) is 0 Å². The lowest BCUT2D eigenvalue weighted by atomic mass is 9.88. The van der Waals surface area contributed by atoms with Gasteiger partial charge in [0.15, 0.2) is 0 Å². The van der Waals surface area contributed by atoms with Crippen LogP contribution in [-0.2, 0) is 0 Å². The molecule has 0 unspecified atom stereocenters. The first-order valence-corrected chi connectivity index (χ1v) is 7.73. The maximum absolute atomic E-state index is 11.7. The summed E-state index contributed by atoms with van der Waals surface area (Å²) in [4.78, 5) is 46.5. The molecule has 4 N–H and O–H groups in total. The standard InChI is InChI=1S/C14H4Cl4O8/c15-7-1-2(8(16)10(18)9(7)17)4(12(21)22)6(14(25)26)5(13(23)24)3(1)11(19)20/h(H,19,20)(H,21,22)(H,23,24)(H,25,26). The second-order valence-electron chi connectivity index (χ2n) is 4.73. The number of benzene rings is 2. The Bertz CT molecular complexity index is 961. The first-order chi connectivity index (χ1) is 11.9. The fraction of sp³-hybridized carbons (Fsp3) is 0. The van der Waals surface area contributed by atoms with E-state index in [2.05, 4.69) is 0 Å². The van der Waals surface area contributed by atoms with Crippen LogP contribution in [0.3, 0.4) is 0 Å². The van der Waals surface area contributed by atoms with Crippen molar-refractivity contribution in [2.24, 2.45) is 0 Å². The first-order valence-electron chi connectivity index (χ1n) is 6.22. The molecule has 0 fully saturated rings. The monoisotopic (exact) mass is 440 g/mol. The normalized spacial score (nSPS) is 10.8. The lowest BCUT2D eigenvalue weighted by Crippen LogP contribution is -2.20. The van der Waals surface area contributed by atoms with Gasteiger partial charge in [-0.05, 0) is 0 Å². The highest BCUT2D eigenvalue weighted by atomic mass is 35.5. The molecule has 0 heterocycles. The number of hydrogen-bond donors (Lipinski definition) is 4. The van der Waals surface area contributed by atoms with Crippen molar-refractivity contribution in [2.75, 3.05) is 0 Å². The summed E-state index contributed by atoms with van der Waals surface area (Å²) in [6.45, 7) is 0. The van der Waals surface area contributed by atoms with Crippen LogP contribution in [0.25, 0.3) is 10.8 Å². The summed E-state index contributed by atoms with van der Waals surface area (Å²) < 4.78 is 0. The molecule has 0 aliphatic rings. The second-order valence-corrected chi connectivity index (χ2v) is 6.24. The molecule has 0 amide bonds. The van der Waals surface area contributed by atoms with E-state index in [1.54, 1.807) is 0 Å². The van der Waals surface area contributed by atoms with E-state index in [4.69, 9.17) is 46.4 Å². The predicted octanol–water partition coefficient (Wildman–Crippen LogP) is 4.25. The van der Waals surface area contributed by atoms with Gasteiger partial charge in [0.2, 0.25) is 0 Å². The Labute approximate surface area is 163 Å². The zero-order chi connectivity index (χ0) is 20.1. The van der Waals surface area contributed by atoms with Crippen molar-refractivity contribution in [3.05, 3.63) is 42.3 Å². The van der Waals surface area contributed by atoms with Crippen molar-refractivity contribution in [1.82, 2.24) is 0 Å². The van der Waals surface area contributed by atoms with Crippen molar-refractivity contribution < 1.29 is 39.6 Å². The van der Waals surface area contributed by atoms with E-state index in [-0.39, 0.29) is 0 Å². The number of carbonyl (C=O) groups is 4. The van der Waals surface area contributed by atoms with Crippen LogP contribution in [0.1, 0.15) is 41.4 Å². The number of hydrogen-bond acceptors (Lipinski definition) is 4. The van der Waals surface area contributed by atoms with Crippen molar-refractivity contribution in [3.8, 4) is 0 Å². The molecule has 0 spiro atoms.